The van der Waals surface area contributed by atoms with Crippen LogP contribution in [0.3, 0.4) is 0 Å². The second-order valence-electron chi connectivity index (χ2n) is 3.47. The number of hydrogen-bond donors (Lipinski definition) is 1. The average molecular weight is 198 g/mol. The van der Waals surface area contributed by atoms with Gasteiger partial charge in [0.05, 0.1) is 12.7 Å². The Balaban J connectivity index is 3.23. The van der Waals surface area contributed by atoms with Crippen LogP contribution in [0.5, 0.6) is 5.75 Å². The molecular weight excluding hydrogens is 183 g/mol. The molecule has 0 aromatic heterocycles. The van der Waals surface area contributed by atoms with Gasteiger partial charge >= 0.3 is 0 Å². The van der Waals surface area contributed by atoms with Crippen molar-refractivity contribution in [1.82, 2.24) is 0 Å². The van der Waals surface area contributed by atoms with Crippen LogP contribution in [0.1, 0.15) is 25.8 Å². The van der Waals surface area contributed by atoms with E-state index in [1.165, 1.54) is 25.3 Å². The van der Waals surface area contributed by atoms with Gasteiger partial charge in [-0.2, -0.15) is 0 Å². The smallest absolute Gasteiger partial charge is 0.125 e. The Kier molecular flexibility index (Phi) is 3.11. The molecule has 0 heterocycles. The third-order valence-corrected chi connectivity index (χ3v) is 2.43. The molecule has 78 valence electrons. The first-order valence-corrected chi connectivity index (χ1v) is 4.57. The predicted octanol–water partition coefficient (Wildman–Crippen LogP) is 2.45. The number of methoxy groups -OCH3 is 1. The number of hydrogen-bond acceptors (Lipinski definition) is 2. The summed E-state index contributed by atoms with van der Waals surface area (Å²) < 4.78 is 18.0. The lowest BCUT2D eigenvalue weighted by atomic mass is 9.92. The number of ether oxygens (including phenoxy) is 1. The summed E-state index contributed by atoms with van der Waals surface area (Å²) in [7, 11) is 1.50. The summed E-state index contributed by atoms with van der Waals surface area (Å²) >= 11 is 0. The topological polar surface area (TPSA) is 29.5 Å². The van der Waals surface area contributed by atoms with E-state index < -0.39 is 5.60 Å². The average Bonchev–Trinajstić information content (AvgIpc) is 2.18. The second-order valence-corrected chi connectivity index (χ2v) is 3.47. The summed E-state index contributed by atoms with van der Waals surface area (Å²) in [4.78, 5) is 0. The minimum atomic E-state index is -1.05. The molecule has 0 amide bonds. The van der Waals surface area contributed by atoms with Crippen LogP contribution in [0, 0.1) is 5.82 Å². The SMILES string of the molecule is CCC(C)(O)c1cc(F)ccc1OC. The van der Waals surface area contributed by atoms with Gasteiger partial charge in [-0.15, -0.1) is 0 Å². The molecule has 0 bridgehead atoms. The second kappa shape index (κ2) is 3.96. The predicted molar refractivity (Wildman–Crippen MR) is 52.8 cm³/mol. The van der Waals surface area contributed by atoms with Crippen LogP contribution in [0.4, 0.5) is 4.39 Å². The monoisotopic (exact) mass is 198 g/mol. The van der Waals surface area contributed by atoms with E-state index in [1.807, 2.05) is 6.92 Å². The van der Waals surface area contributed by atoms with Gasteiger partial charge in [0, 0.05) is 5.56 Å². The summed E-state index contributed by atoms with van der Waals surface area (Å²) in [6, 6.07) is 4.14. The molecule has 1 aromatic rings. The Bertz CT molecular complexity index is 321. The fourth-order valence-corrected chi connectivity index (χ4v) is 1.29. The number of benzene rings is 1. The zero-order valence-electron chi connectivity index (χ0n) is 8.67. The standard InChI is InChI=1S/C11H15FO2/c1-4-11(2,13)9-7-8(12)5-6-10(9)14-3/h5-7,13H,4H2,1-3H3. The Morgan fingerprint density at radius 1 is 1.50 bits per heavy atom. The number of halogens is 1. The van der Waals surface area contributed by atoms with Crippen molar-refractivity contribution in [3.63, 3.8) is 0 Å². The van der Waals surface area contributed by atoms with E-state index in [2.05, 4.69) is 0 Å². The fourth-order valence-electron chi connectivity index (χ4n) is 1.29. The van der Waals surface area contributed by atoms with Gasteiger partial charge in [0.2, 0.25) is 0 Å². The Morgan fingerprint density at radius 2 is 2.14 bits per heavy atom. The molecule has 0 saturated carbocycles. The zero-order chi connectivity index (χ0) is 10.8. The number of rotatable bonds is 3. The van der Waals surface area contributed by atoms with Crippen LogP contribution in [0.15, 0.2) is 18.2 Å². The van der Waals surface area contributed by atoms with E-state index in [4.69, 9.17) is 4.74 Å². The maximum atomic E-state index is 13.0. The molecule has 1 aromatic carbocycles. The van der Waals surface area contributed by atoms with Gasteiger partial charge in [-0.05, 0) is 31.5 Å². The molecule has 1 atom stereocenters. The van der Waals surface area contributed by atoms with Gasteiger partial charge in [0.1, 0.15) is 11.6 Å². The maximum Gasteiger partial charge on any atom is 0.125 e. The van der Waals surface area contributed by atoms with Crippen LogP contribution in [0.25, 0.3) is 0 Å². The van der Waals surface area contributed by atoms with E-state index >= 15 is 0 Å². The maximum absolute atomic E-state index is 13.0. The van der Waals surface area contributed by atoms with Crippen LogP contribution in [-0.2, 0) is 5.60 Å². The van der Waals surface area contributed by atoms with Gasteiger partial charge in [-0.1, -0.05) is 6.92 Å². The molecular formula is C11H15FO2. The van der Waals surface area contributed by atoms with Gasteiger partial charge in [-0.25, -0.2) is 4.39 Å². The first-order chi connectivity index (χ1) is 6.51. The van der Waals surface area contributed by atoms with Gasteiger partial charge in [-0.3, -0.25) is 0 Å². The van der Waals surface area contributed by atoms with E-state index in [1.54, 1.807) is 6.92 Å². The summed E-state index contributed by atoms with van der Waals surface area (Å²) in [6.07, 6.45) is 0.507. The lowest BCUT2D eigenvalue weighted by molar-refractivity contribution is 0.0501. The summed E-state index contributed by atoms with van der Waals surface area (Å²) in [5.74, 6) is 0.146. The van der Waals surface area contributed by atoms with Crippen molar-refractivity contribution in [3.05, 3.63) is 29.6 Å². The van der Waals surface area contributed by atoms with Crippen molar-refractivity contribution >= 4 is 0 Å². The highest BCUT2D eigenvalue weighted by molar-refractivity contribution is 5.38. The molecule has 2 nitrogen and oxygen atoms in total. The molecule has 14 heavy (non-hydrogen) atoms. The summed E-state index contributed by atoms with van der Waals surface area (Å²) in [6.45, 7) is 3.48. The normalized spacial score (nSPS) is 14.9. The van der Waals surface area contributed by atoms with Gasteiger partial charge in [0.15, 0.2) is 0 Å². The van der Waals surface area contributed by atoms with E-state index in [0.29, 0.717) is 17.7 Å². The Morgan fingerprint density at radius 3 is 2.64 bits per heavy atom. The highest BCUT2D eigenvalue weighted by Gasteiger charge is 2.24. The van der Waals surface area contributed by atoms with E-state index in [9.17, 15) is 9.50 Å². The van der Waals surface area contributed by atoms with Gasteiger partial charge < -0.3 is 9.84 Å². The molecule has 3 heteroatoms. The first-order valence-electron chi connectivity index (χ1n) is 4.57. The van der Waals surface area contributed by atoms with Crippen LogP contribution in [-0.4, -0.2) is 12.2 Å². The van der Waals surface area contributed by atoms with Crippen LogP contribution >= 0.6 is 0 Å². The minimum Gasteiger partial charge on any atom is -0.496 e. The quantitative estimate of drug-likeness (QED) is 0.808. The first kappa shape index (κ1) is 11.0. The third kappa shape index (κ3) is 2.04. The summed E-state index contributed by atoms with van der Waals surface area (Å²) in [5, 5.41) is 9.98. The van der Waals surface area contributed by atoms with Gasteiger partial charge in [0.25, 0.3) is 0 Å². The Labute approximate surface area is 83.3 Å². The number of aliphatic hydroxyl groups is 1. The molecule has 1 rings (SSSR count). The van der Waals surface area contributed by atoms with Crippen molar-refractivity contribution in [2.75, 3.05) is 7.11 Å². The van der Waals surface area contributed by atoms with Crippen molar-refractivity contribution in [1.29, 1.82) is 0 Å². The van der Waals surface area contributed by atoms with Crippen molar-refractivity contribution in [2.45, 2.75) is 25.9 Å². The van der Waals surface area contributed by atoms with Crippen LogP contribution in [0.2, 0.25) is 0 Å². The highest BCUT2D eigenvalue weighted by atomic mass is 19.1. The molecule has 0 spiro atoms. The lowest BCUT2D eigenvalue weighted by Crippen LogP contribution is -2.20. The summed E-state index contributed by atoms with van der Waals surface area (Å²) in [5.41, 5.74) is -0.560. The van der Waals surface area contributed by atoms with Crippen molar-refractivity contribution in [2.24, 2.45) is 0 Å². The van der Waals surface area contributed by atoms with Crippen molar-refractivity contribution in [3.8, 4) is 5.75 Å². The van der Waals surface area contributed by atoms with Crippen molar-refractivity contribution < 1.29 is 14.2 Å². The molecule has 0 aliphatic carbocycles. The minimum absolute atomic E-state index is 0.366. The molecule has 1 N–H and O–H groups in total. The fraction of sp³-hybridized carbons (Fsp3) is 0.455. The largest absolute Gasteiger partial charge is 0.496 e. The molecule has 0 saturated heterocycles. The molecule has 0 aliphatic rings. The Hall–Kier alpha value is -1.09. The van der Waals surface area contributed by atoms with E-state index in [-0.39, 0.29) is 5.82 Å². The lowest BCUT2D eigenvalue weighted by Gasteiger charge is -2.24. The van der Waals surface area contributed by atoms with Crippen LogP contribution < -0.4 is 4.74 Å². The highest BCUT2D eigenvalue weighted by Crippen LogP contribution is 2.32. The van der Waals surface area contributed by atoms with E-state index in [0.717, 1.165) is 0 Å². The molecule has 1 unspecified atom stereocenters. The molecule has 0 fully saturated rings. The zero-order valence-corrected chi connectivity index (χ0v) is 8.67. The third-order valence-electron chi connectivity index (χ3n) is 2.43. The molecule has 0 radical (unpaired) electrons. The molecule has 0 aliphatic heterocycles.